The van der Waals surface area contributed by atoms with Crippen molar-refractivity contribution in [2.24, 2.45) is 13.0 Å². The number of carbonyl (C=O) groups excluding carboxylic acids is 1. The number of piperidine rings is 1. The fraction of sp³-hybridized carbons (Fsp3) is 0.458. The molecule has 0 unspecified atom stereocenters. The van der Waals surface area contributed by atoms with Gasteiger partial charge in [0.05, 0.1) is 17.3 Å². The molecule has 5 heterocycles. The topological polar surface area (TPSA) is 123 Å². The second-order valence-electron chi connectivity index (χ2n) is 9.86. The zero-order chi connectivity index (χ0) is 26.5. The molecule has 2 aliphatic rings. The summed E-state index contributed by atoms with van der Waals surface area (Å²) in [6, 6.07) is 2.19. The summed E-state index contributed by atoms with van der Waals surface area (Å²) in [5.41, 5.74) is -1.18. The van der Waals surface area contributed by atoms with Crippen molar-refractivity contribution in [3.05, 3.63) is 46.1 Å². The van der Waals surface area contributed by atoms with E-state index in [0.29, 0.717) is 67.3 Å². The second kappa shape index (κ2) is 8.79. The van der Waals surface area contributed by atoms with Crippen LogP contribution in [0.1, 0.15) is 37.3 Å². The van der Waals surface area contributed by atoms with Gasteiger partial charge in [-0.25, -0.2) is 14.8 Å². The van der Waals surface area contributed by atoms with E-state index in [1.807, 2.05) is 11.8 Å². The third-order valence-electron chi connectivity index (χ3n) is 7.30. The van der Waals surface area contributed by atoms with Crippen molar-refractivity contribution in [3.63, 3.8) is 0 Å². The summed E-state index contributed by atoms with van der Waals surface area (Å²) < 4.78 is 40.6. The van der Waals surface area contributed by atoms with Gasteiger partial charge in [0.2, 0.25) is 0 Å². The number of urea groups is 1. The van der Waals surface area contributed by atoms with Crippen molar-refractivity contribution in [3.8, 4) is 6.07 Å². The standard InChI is InChI=1S/C24H25F3N8O2/c1-14-8-23(3-5-34(6-4-23)18-11-30-20-19(32-18)15(9-28)10-29-20)35(12-14)22(37)31-17-7-16(24(25,26)27)13-33(2)21(17)36/h7,10-11,13-14H,3-6,8,12H2,1-2H3,(H,29,30)(H,31,37)/t14-/m0/s1. The van der Waals surface area contributed by atoms with Crippen LogP contribution in [0.5, 0.6) is 0 Å². The number of H-pyrrole nitrogens is 1. The highest BCUT2D eigenvalue weighted by Gasteiger charge is 2.48. The summed E-state index contributed by atoms with van der Waals surface area (Å²) in [5, 5.41) is 11.7. The first-order chi connectivity index (χ1) is 17.5. The van der Waals surface area contributed by atoms with E-state index in [2.05, 4.69) is 26.3 Å². The van der Waals surface area contributed by atoms with Crippen LogP contribution in [-0.2, 0) is 13.2 Å². The number of nitrogens with one attached hydrogen (secondary N) is 2. The van der Waals surface area contributed by atoms with E-state index in [4.69, 9.17) is 0 Å². The molecule has 13 heteroatoms. The molecule has 194 valence electrons. The molecule has 2 amide bonds. The zero-order valence-electron chi connectivity index (χ0n) is 20.3. The van der Waals surface area contributed by atoms with Gasteiger partial charge in [-0.2, -0.15) is 18.4 Å². The van der Waals surface area contributed by atoms with Crippen LogP contribution in [0.3, 0.4) is 0 Å². The van der Waals surface area contributed by atoms with Gasteiger partial charge in [-0.05, 0) is 31.2 Å². The van der Waals surface area contributed by atoms with Gasteiger partial charge < -0.3 is 24.7 Å². The Morgan fingerprint density at radius 2 is 2.05 bits per heavy atom. The average Bonchev–Trinajstić information content (AvgIpc) is 3.41. The highest BCUT2D eigenvalue weighted by atomic mass is 19.4. The van der Waals surface area contributed by atoms with Crippen molar-refractivity contribution in [1.82, 2.24) is 24.4 Å². The summed E-state index contributed by atoms with van der Waals surface area (Å²) in [6.07, 6.45) is 1.24. The summed E-state index contributed by atoms with van der Waals surface area (Å²) in [6.45, 7) is 3.62. The van der Waals surface area contributed by atoms with E-state index >= 15 is 0 Å². The lowest BCUT2D eigenvalue weighted by molar-refractivity contribution is -0.138. The lowest BCUT2D eigenvalue weighted by Gasteiger charge is -2.45. The fourth-order valence-electron chi connectivity index (χ4n) is 5.51. The predicted molar refractivity (Wildman–Crippen MR) is 129 cm³/mol. The quantitative estimate of drug-likeness (QED) is 0.540. The van der Waals surface area contributed by atoms with Crippen LogP contribution in [0, 0.1) is 17.2 Å². The van der Waals surface area contributed by atoms with Crippen LogP contribution in [0.15, 0.2) is 29.5 Å². The van der Waals surface area contributed by atoms with Crippen molar-refractivity contribution in [1.29, 1.82) is 5.26 Å². The highest BCUT2D eigenvalue weighted by Crippen LogP contribution is 2.42. The molecule has 37 heavy (non-hydrogen) atoms. The van der Waals surface area contributed by atoms with Crippen LogP contribution in [0.4, 0.5) is 29.5 Å². The number of aromatic amines is 1. The molecule has 0 aromatic carbocycles. The van der Waals surface area contributed by atoms with Crippen LogP contribution in [0.25, 0.3) is 11.2 Å². The average molecular weight is 515 g/mol. The van der Waals surface area contributed by atoms with Gasteiger partial charge in [-0.15, -0.1) is 0 Å². The molecule has 2 fully saturated rings. The number of pyridine rings is 1. The number of nitriles is 1. The third kappa shape index (κ3) is 4.36. The Balaban J connectivity index is 1.35. The lowest BCUT2D eigenvalue weighted by atomic mass is 9.83. The Labute approximate surface area is 209 Å². The summed E-state index contributed by atoms with van der Waals surface area (Å²) in [5.74, 6) is 0.823. The van der Waals surface area contributed by atoms with Gasteiger partial charge >= 0.3 is 12.2 Å². The maximum atomic E-state index is 13.3. The normalized spacial score (nSPS) is 19.4. The van der Waals surface area contributed by atoms with Gasteiger partial charge in [0.25, 0.3) is 5.56 Å². The van der Waals surface area contributed by atoms with E-state index in [1.54, 1.807) is 17.3 Å². The Bertz CT molecular complexity index is 1460. The molecule has 2 saturated heterocycles. The van der Waals surface area contributed by atoms with Gasteiger partial charge in [0.15, 0.2) is 5.65 Å². The molecule has 10 nitrogen and oxygen atoms in total. The van der Waals surface area contributed by atoms with Gasteiger partial charge in [-0.3, -0.25) is 4.79 Å². The molecule has 0 saturated carbocycles. The number of rotatable bonds is 2. The minimum atomic E-state index is -4.65. The van der Waals surface area contributed by atoms with Gasteiger partial charge in [0.1, 0.15) is 23.1 Å². The lowest BCUT2D eigenvalue weighted by Crippen LogP contribution is -2.55. The van der Waals surface area contributed by atoms with Crippen molar-refractivity contribution < 1.29 is 18.0 Å². The number of anilines is 2. The summed E-state index contributed by atoms with van der Waals surface area (Å²) in [7, 11) is 1.22. The minimum Gasteiger partial charge on any atom is -0.355 e. The second-order valence-corrected chi connectivity index (χ2v) is 9.86. The number of fused-ring (bicyclic) bond motifs is 1. The van der Waals surface area contributed by atoms with E-state index in [-0.39, 0.29) is 5.92 Å². The first kappa shape index (κ1) is 24.6. The SMILES string of the molecule is C[C@@H]1CN(C(=O)Nc2cc(C(F)(F)F)cn(C)c2=O)C2(CCN(c3cnc4[nH]cc(C#N)c4n3)CC2)C1. The van der Waals surface area contributed by atoms with Crippen LogP contribution < -0.4 is 15.8 Å². The molecule has 1 spiro atoms. The number of halogens is 3. The number of carbonyl (C=O) groups is 1. The summed E-state index contributed by atoms with van der Waals surface area (Å²) >= 11 is 0. The Hall–Kier alpha value is -4.08. The number of aryl methyl sites for hydroxylation is 1. The Kier molecular flexibility index (Phi) is 5.85. The number of aromatic nitrogens is 4. The van der Waals surface area contributed by atoms with Crippen molar-refractivity contribution in [2.45, 2.75) is 37.9 Å². The largest absolute Gasteiger partial charge is 0.417 e. The van der Waals surface area contributed by atoms with Crippen molar-refractivity contribution >= 4 is 28.7 Å². The number of likely N-dealkylation sites (tertiary alicyclic amines) is 1. The minimum absolute atomic E-state index is 0.191. The number of hydrogen-bond acceptors (Lipinski definition) is 6. The number of hydrogen-bond donors (Lipinski definition) is 2. The van der Waals surface area contributed by atoms with Crippen LogP contribution in [-0.4, -0.2) is 55.6 Å². The molecule has 2 aliphatic heterocycles. The van der Waals surface area contributed by atoms with Crippen molar-refractivity contribution in [2.75, 3.05) is 29.9 Å². The molecule has 3 aromatic heterocycles. The smallest absolute Gasteiger partial charge is 0.355 e. The van der Waals surface area contributed by atoms with Gasteiger partial charge in [-0.1, -0.05) is 6.92 Å². The van der Waals surface area contributed by atoms with E-state index in [9.17, 15) is 28.0 Å². The molecular weight excluding hydrogens is 489 g/mol. The van der Waals surface area contributed by atoms with Crippen LogP contribution >= 0.6 is 0 Å². The fourth-order valence-corrected chi connectivity index (χ4v) is 5.51. The molecule has 3 aromatic rings. The maximum Gasteiger partial charge on any atom is 0.417 e. The van der Waals surface area contributed by atoms with E-state index in [0.717, 1.165) is 11.0 Å². The summed E-state index contributed by atoms with van der Waals surface area (Å²) in [4.78, 5) is 41.4. The molecular formula is C24H25F3N8O2. The molecule has 2 N–H and O–H groups in total. The van der Waals surface area contributed by atoms with Crippen LogP contribution in [0.2, 0.25) is 0 Å². The van der Waals surface area contributed by atoms with Gasteiger partial charge in [0, 0.05) is 44.6 Å². The number of amides is 2. The van der Waals surface area contributed by atoms with E-state index < -0.39 is 34.6 Å². The van der Waals surface area contributed by atoms with E-state index in [1.165, 1.54) is 7.05 Å². The first-order valence-corrected chi connectivity index (χ1v) is 11.9. The Morgan fingerprint density at radius 1 is 1.32 bits per heavy atom. The monoisotopic (exact) mass is 514 g/mol. The molecule has 5 rings (SSSR count). The molecule has 0 bridgehead atoms. The molecule has 0 radical (unpaired) electrons. The highest BCUT2D eigenvalue weighted by molar-refractivity contribution is 5.90. The maximum absolute atomic E-state index is 13.3. The third-order valence-corrected chi connectivity index (χ3v) is 7.30. The number of nitrogens with zero attached hydrogens (tertiary/aromatic N) is 6. The Morgan fingerprint density at radius 3 is 2.73 bits per heavy atom. The zero-order valence-corrected chi connectivity index (χ0v) is 20.3. The first-order valence-electron chi connectivity index (χ1n) is 11.9. The molecule has 1 atom stereocenters. The number of alkyl halides is 3. The molecule has 0 aliphatic carbocycles. The predicted octanol–water partition coefficient (Wildman–Crippen LogP) is 3.46.